The van der Waals surface area contributed by atoms with E-state index in [0.29, 0.717) is 12.5 Å². The van der Waals surface area contributed by atoms with Crippen LogP contribution in [-0.2, 0) is 17.9 Å². The Labute approximate surface area is 85.4 Å². The van der Waals surface area contributed by atoms with Crippen LogP contribution in [0.4, 0.5) is 0 Å². The quantitative estimate of drug-likeness (QED) is 0.759. The summed E-state index contributed by atoms with van der Waals surface area (Å²) in [5, 5.41) is 3.09. The standard InChI is InChI=1S/C11H19NO2/c1-9(2)7-13-8-11-10(6-12-3)4-5-14-11/h4-5,9,12H,6-8H2,1-3H3. The first-order valence-electron chi connectivity index (χ1n) is 5.01. The summed E-state index contributed by atoms with van der Waals surface area (Å²) in [6.45, 7) is 6.45. The molecule has 0 aromatic carbocycles. The van der Waals surface area contributed by atoms with Gasteiger partial charge in [-0.15, -0.1) is 0 Å². The molecule has 0 fully saturated rings. The van der Waals surface area contributed by atoms with Gasteiger partial charge in [-0.25, -0.2) is 0 Å². The number of hydrogen-bond donors (Lipinski definition) is 1. The van der Waals surface area contributed by atoms with Crippen LogP contribution in [-0.4, -0.2) is 13.7 Å². The predicted octanol–water partition coefficient (Wildman–Crippen LogP) is 2.17. The van der Waals surface area contributed by atoms with Gasteiger partial charge in [-0.3, -0.25) is 0 Å². The van der Waals surface area contributed by atoms with Crippen molar-refractivity contribution < 1.29 is 9.15 Å². The van der Waals surface area contributed by atoms with Crippen molar-refractivity contribution in [2.24, 2.45) is 5.92 Å². The Hall–Kier alpha value is -0.800. The zero-order valence-corrected chi connectivity index (χ0v) is 9.17. The molecule has 0 amide bonds. The molecule has 1 N–H and O–H groups in total. The Kier molecular flexibility index (Phi) is 4.70. The third kappa shape index (κ3) is 3.52. The zero-order chi connectivity index (χ0) is 10.4. The number of rotatable bonds is 6. The van der Waals surface area contributed by atoms with Crippen molar-refractivity contribution in [3.63, 3.8) is 0 Å². The lowest BCUT2D eigenvalue weighted by Crippen LogP contribution is -2.07. The fourth-order valence-electron chi connectivity index (χ4n) is 1.23. The van der Waals surface area contributed by atoms with Gasteiger partial charge in [0.2, 0.25) is 0 Å². The van der Waals surface area contributed by atoms with Gasteiger partial charge in [0.1, 0.15) is 12.4 Å². The maximum Gasteiger partial charge on any atom is 0.133 e. The molecule has 0 atom stereocenters. The monoisotopic (exact) mass is 197 g/mol. The van der Waals surface area contributed by atoms with Gasteiger partial charge in [-0.1, -0.05) is 13.8 Å². The van der Waals surface area contributed by atoms with E-state index < -0.39 is 0 Å². The average molecular weight is 197 g/mol. The minimum Gasteiger partial charge on any atom is -0.467 e. The molecular weight excluding hydrogens is 178 g/mol. The van der Waals surface area contributed by atoms with E-state index in [1.54, 1.807) is 6.26 Å². The third-order valence-electron chi connectivity index (χ3n) is 1.89. The van der Waals surface area contributed by atoms with Gasteiger partial charge in [0, 0.05) is 18.7 Å². The minimum absolute atomic E-state index is 0.567. The van der Waals surface area contributed by atoms with E-state index in [9.17, 15) is 0 Å². The molecule has 1 rings (SSSR count). The number of hydrogen-bond acceptors (Lipinski definition) is 3. The smallest absolute Gasteiger partial charge is 0.133 e. The first-order chi connectivity index (χ1) is 6.74. The molecule has 0 spiro atoms. The summed E-state index contributed by atoms with van der Waals surface area (Å²) in [6, 6.07) is 1.98. The Morgan fingerprint density at radius 1 is 1.50 bits per heavy atom. The van der Waals surface area contributed by atoms with Crippen LogP contribution in [0.1, 0.15) is 25.2 Å². The van der Waals surface area contributed by atoms with E-state index >= 15 is 0 Å². The molecular formula is C11H19NO2. The van der Waals surface area contributed by atoms with Gasteiger partial charge in [0.15, 0.2) is 0 Å². The number of ether oxygens (including phenoxy) is 1. The summed E-state index contributed by atoms with van der Waals surface area (Å²) in [4.78, 5) is 0. The molecule has 0 aliphatic rings. The molecule has 0 unspecified atom stereocenters. The Morgan fingerprint density at radius 3 is 2.93 bits per heavy atom. The van der Waals surface area contributed by atoms with Crippen molar-refractivity contribution in [2.75, 3.05) is 13.7 Å². The topological polar surface area (TPSA) is 34.4 Å². The van der Waals surface area contributed by atoms with Crippen LogP contribution < -0.4 is 5.32 Å². The minimum atomic E-state index is 0.567. The summed E-state index contributed by atoms with van der Waals surface area (Å²) < 4.78 is 10.8. The highest BCUT2D eigenvalue weighted by Gasteiger charge is 2.05. The molecule has 14 heavy (non-hydrogen) atoms. The van der Waals surface area contributed by atoms with Crippen LogP contribution in [0.2, 0.25) is 0 Å². The van der Waals surface area contributed by atoms with Crippen molar-refractivity contribution in [2.45, 2.75) is 27.0 Å². The number of nitrogens with one attached hydrogen (secondary N) is 1. The maximum absolute atomic E-state index is 5.50. The largest absolute Gasteiger partial charge is 0.467 e. The second-order valence-corrected chi connectivity index (χ2v) is 3.81. The zero-order valence-electron chi connectivity index (χ0n) is 9.17. The molecule has 0 aliphatic carbocycles. The van der Waals surface area contributed by atoms with Crippen LogP contribution in [0.3, 0.4) is 0 Å². The van der Waals surface area contributed by atoms with Gasteiger partial charge < -0.3 is 14.5 Å². The van der Waals surface area contributed by atoms with E-state index in [1.165, 1.54) is 5.56 Å². The lowest BCUT2D eigenvalue weighted by atomic mass is 10.2. The van der Waals surface area contributed by atoms with Crippen LogP contribution >= 0.6 is 0 Å². The molecule has 3 heteroatoms. The molecule has 0 radical (unpaired) electrons. The summed E-state index contributed by atoms with van der Waals surface area (Å²) in [5.41, 5.74) is 1.18. The maximum atomic E-state index is 5.50. The van der Waals surface area contributed by atoms with Crippen LogP contribution in [0.5, 0.6) is 0 Å². The van der Waals surface area contributed by atoms with Gasteiger partial charge in [0.25, 0.3) is 0 Å². The molecule has 1 aromatic rings. The predicted molar refractivity (Wildman–Crippen MR) is 56.0 cm³/mol. The van der Waals surface area contributed by atoms with Crippen molar-refractivity contribution in [1.29, 1.82) is 0 Å². The highest BCUT2D eigenvalue weighted by atomic mass is 16.5. The Balaban J connectivity index is 2.37. The molecule has 0 aliphatic heterocycles. The van der Waals surface area contributed by atoms with Gasteiger partial charge in [-0.05, 0) is 19.0 Å². The van der Waals surface area contributed by atoms with E-state index in [4.69, 9.17) is 9.15 Å². The van der Waals surface area contributed by atoms with Crippen LogP contribution in [0, 0.1) is 5.92 Å². The van der Waals surface area contributed by atoms with Crippen LogP contribution in [0.25, 0.3) is 0 Å². The van der Waals surface area contributed by atoms with E-state index in [-0.39, 0.29) is 0 Å². The first kappa shape index (κ1) is 11.3. The third-order valence-corrected chi connectivity index (χ3v) is 1.89. The normalized spacial score (nSPS) is 11.1. The second-order valence-electron chi connectivity index (χ2n) is 3.81. The lowest BCUT2D eigenvalue weighted by Gasteiger charge is -2.06. The molecule has 1 heterocycles. The second kappa shape index (κ2) is 5.83. The van der Waals surface area contributed by atoms with Crippen molar-refractivity contribution in [3.05, 3.63) is 23.7 Å². The molecule has 80 valence electrons. The lowest BCUT2D eigenvalue weighted by molar-refractivity contribution is 0.0838. The summed E-state index contributed by atoms with van der Waals surface area (Å²) in [5.74, 6) is 1.50. The SMILES string of the molecule is CNCc1ccoc1COCC(C)C. The molecule has 0 saturated carbocycles. The molecule has 0 saturated heterocycles. The van der Waals surface area contributed by atoms with Gasteiger partial charge in [-0.2, -0.15) is 0 Å². The molecule has 3 nitrogen and oxygen atoms in total. The number of furan rings is 1. The fourth-order valence-corrected chi connectivity index (χ4v) is 1.23. The summed E-state index contributed by atoms with van der Waals surface area (Å²) in [6.07, 6.45) is 1.71. The highest BCUT2D eigenvalue weighted by molar-refractivity contribution is 5.15. The van der Waals surface area contributed by atoms with Gasteiger partial charge >= 0.3 is 0 Å². The summed E-state index contributed by atoms with van der Waals surface area (Å²) >= 11 is 0. The van der Waals surface area contributed by atoms with Crippen molar-refractivity contribution >= 4 is 0 Å². The van der Waals surface area contributed by atoms with E-state index in [1.807, 2.05) is 13.1 Å². The van der Waals surface area contributed by atoms with Crippen molar-refractivity contribution in [3.8, 4) is 0 Å². The fraction of sp³-hybridized carbons (Fsp3) is 0.636. The van der Waals surface area contributed by atoms with Crippen LogP contribution in [0.15, 0.2) is 16.7 Å². The first-order valence-corrected chi connectivity index (χ1v) is 5.01. The average Bonchev–Trinajstić information content (AvgIpc) is 2.53. The van der Waals surface area contributed by atoms with E-state index in [2.05, 4.69) is 19.2 Å². The highest BCUT2D eigenvalue weighted by Crippen LogP contribution is 2.11. The van der Waals surface area contributed by atoms with Gasteiger partial charge in [0.05, 0.1) is 6.26 Å². The molecule has 1 aromatic heterocycles. The molecule has 0 bridgehead atoms. The van der Waals surface area contributed by atoms with Crippen molar-refractivity contribution in [1.82, 2.24) is 5.32 Å². The van der Waals surface area contributed by atoms with E-state index in [0.717, 1.165) is 18.9 Å². The summed E-state index contributed by atoms with van der Waals surface area (Å²) in [7, 11) is 1.92. The Morgan fingerprint density at radius 2 is 2.29 bits per heavy atom. The Bertz CT molecular complexity index is 256.